The van der Waals surface area contributed by atoms with Gasteiger partial charge >= 0.3 is 0 Å². The van der Waals surface area contributed by atoms with Gasteiger partial charge in [0.1, 0.15) is 28.8 Å². The van der Waals surface area contributed by atoms with Gasteiger partial charge in [0.05, 0.1) is 32.2 Å². The number of hydrogen-bond donors (Lipinski definition) is 0. The molecule has 1 fully saturated rings. The highest BCUT2D eigenvalue weighted by molar-refractivity contribution is 6.74. The Morgan fingerprint density at radius 1 is 1.11 bits per heavy atom. The highest BCUT2D eigenvalue weighted by Crippen LogP contribution is 2.40. The molecule has 0 spiro atoms. The number of imidazole rings is 1. The number of rotatable bonds is 7. The number of benzene rings is 1. The van der Waals surface area contributed by atoms with Crippen molar-refractivity contribution >= 4 is 19.8 Å². The average Bonchev–Trinajstić information content (AvgIpc) is 3.54. The van der Waals surface area contributed by atoms with Gasteiger partial charge in [0, 0.05) is 12.1 Å². The topological polar surface area (TPSA) is 77.7 Å². The SMILES string of the molecule is COc1ccc(F)cc1[C@H]1CCCN1c1ccc2ncc(-c3cc(CO[Si](C)(C)C(C)(C)C)cnn3)n2n1. The second-order valence-electron chi connectivity index (χ2n) is 11.3. The van der Waals surface area contributed by atoms with Crippen LogP contribution >= 0.6 is 0 Å². The van der Waals surface area contributed by atoms with Crippen LogP contribution < -0.4 is 9.64 Å². The first-order valence-corrected chi connectivity index (χ1v) is 15.9. The van der Waals surface area contributed by atoms with Gasteiger partial charge in [-0.3, -0.25) is 0 Å². The van der Waals surface area contributed by atoms with Crippen LogP contribution in [-0.4, -0.2) is 46.8 Å². The van der Waals surface area contributed by atoms with Gasteiger partial charge in [-0.2, -0.15) is 5.10 Å². The fourth-order valence-electron chi connectivity index (χ4n) is 4.61. The molecule has 1 aliphatic rings. The third-order valence-electron chi connectivity index (χ3n) is 7.83. The summed E-state index contributed by atoms with van der Waals surface area (Å²) in [5.74, 6) is 1.19. The number of aromatic nitrogens is 5. The number of hydrogen-bond acceptors (Lipinski definition) is 7. The molecule has 4 aromatic rings. The smallest absolute Gasteiger partial charge is 0.192 e. The molecule has 38 heavy (non-hydrogen) atoms. The third kappa shape index (κ3) is 5.02. The molecule has 0 saturated carbocycles. The monoisotopic (exact) mass is 534 g/mol. The Morgan fingerprint density at radius 2 is 1.92 bits per heavy atom. The summed E-state index contributed by atoms with van der Waals surface area (Å²) in [7, 11) is -0.283. The van der Waals surface area contributed by atoms with Gasteiger partial charge in [-0.1, -0.05) is 20.8 Å². The average molecular weight is 535 g/mol. The lowest BCUT2D eigenvalue weighted by atomic mass is 10.0. The molecule has 1 aliphatic heterocycles. The highest BCUT2D eigenvalue weighted by atomic mass is 28.4. The minimum absolute atomic E-state index is 0.0341. The quantitative estimate of drug-likeness (QED) is 0.261. The first kappa shape index (κ1) is 26.2. The number of methoxy groups -OCH3 is 1. The van der Waals surface area contributed by atoms with E-state index in [4.69, 9.17) is 14.3 Å². The lowest BCUT2D eigenvalue weighted by molar-refractivity contribution is 0.276. The second kappa shape index (κ2) is 10.1. The van der Waals surface area contributed by atoms with E-state index < -0.39 is 8.32 Å². The standard InChI is InChI=1S/C28H35FN6O2Si/c1-28(2,3)38(5,6)37-18-19-14-22(32-31-16-19)24-17-30-26-11-12-27(33-35(24)26)34-13-7-8-23(34)21-15-20(29)9-10-25(21)36-4/h9-12,14-17,23H,7-8,13,18H2,1-6H3/t23-/m1/s1. The summed E-state index contributed by atoms with van der Waals surface area (Å²) in [4.78, 5) is 6.75. The predicted octanol–water partition coefficient (Wildman–Crippen LogP) is 6.20. The van der Waals surface area contributed by atoms with Gasteiger partial charge in [-0.25, -0.2) is 13.9 Å². The van der Waals surface area contributed by atoms with Crippen molar-refractivity contribution in [3.63, 3.8) is 0 Å². The van der Waals surface area contributed by atoms with E-state index in [1.54, 1.807) is 36.2 Å². The molecule has 1 aromatic carbocycles. The molecule has 0 aliphatic carbocycles. The molecule has 4 heterocycles. The second-order valence-corrected chi connectivity index (χ2v) is 16.2. The molecule has 0 amide bonds. The van der Waals surface area contributed by atoms with Crippen LogP contribution in [0, 0.1) is 5.82 Å². The van der Waals surface area contributed by atoms with Crippen LogP contribution in [0.1, 0.15) is 50.8 Å². The summed E-state index contributed by atoms with van der Waals surface area (Å²) in [6, 6.07) is 10.5. The molecule has 5 rings (SSSR count). The zero-order valence-electron chi connectivity index (χ0n) is 22.9. The molecule has 8 nitrogen and oxygen atoms in total. The van der Waals surface area contributed by atoms with Crippen molar-refractivity contribution < 1.29 is 13.6 Å². The Morgan fingerprint density at radius 3 is 2.68 bits per heavy atom. The van der Waals surface area contributed by atoms with Gasteiger partial charge in [0.2, 0.25) is 0 Å². The lowest BCUT2D eigenvalue weighted by Gasteiger charge is -2.36. The summed E-state index contributed by atoms with van der Waals surface area (Å²) in [5.41, 5.74) is 3.94. The summed E-state index contributed by atoms with van der Waals surface area (Å²) in [6.45, 7) is 12.5. The Hall–Kier alpha value is -3.37. The van der Waals surface area contributed by atoms with Crippen molar-refractivity contribution in [1.82, 2.24) is 24.8 Å². The molecule has 0 bridgehead atoms. The fourth-order valence-corrected chi connectivity index (χ4v) is 5.57. The van der Waals surface area contributed by atoms with E-state index in [0.717, 1.165) is 42.0 Å². The molecule has 3 aromatic heterocycles. The van der Waals surface area contributed by atoms with Crippen LogP contribution in [0.3, 0.4) is 0 Å². The van der Waals surface area contributed by atoms with Crippen molar-refractivity contribution in [2.45, 2.75) is 64.4 Å². The van der Waals surface area contributed by atoms with E-state index in [1.165, 1.54) is 6.07 Å². The Kier molecular flexibility index (Phi) is 6.95. The van der Waals surface area contributed by atoms with Crippen LogP contribution in [0.15, 0.2) is 48.8 Å². The first-order valence-electron chi connectivity index (χ1n) is 13.0. The summed E-state index contributed by atoms with van der Waals surface area (Å²) in [6.07, 6.45) is 5.38. The lowest BCUT2D eigenvalue weighted by Crippen LogP contribution is -2.40. The van der Waals surface area contributed by atoms with E-state index in [0.29, 0.717) is 23.7 Å². The summed E-state index contributed by atoms with van der Waals surface area (Å²) >= 11 is 0. The summed E-state index contributed by atoms with van der Waals surface area (Å²) in [5, 5.41) is 13.7. The van der Waals surface area contributed by atoms with Crippen LogP contribution in [0.25, 0.3) is 17.0 Å². The maximum Gasteiger partial charge on any atom is 0.192 e. The number of halogens is 1. The maximum absolute atomic E-state index is 14.2. The molecule has 1 atom stereocenters. The number of fused-ring (bicyclic) bond motifs is 1. The van der Waals surface area contributed by atoms with Crippen molar-refractivity contribution in [1.29, 1.82) is 0 Å². The largest absolute Gasteiger partial charge is 0.496 e. The Labute approximate surface area is 224 Å². The van der Waals surface area contributed by atoms with E-state index in [1.807, 2.05) is 18.2 Å². The molecule has 10 heteroatoms. The Bertz CT molecular complexity index is 1450. The number of ether oxygens (including phenoxy) is 1. The van der Waals surface area contributed by atoms with Crippen LogP contribution in [0.4, 0.5) is 10.2 Å². The summed E-state index contributed by atoms with van der Waals surface area (Å²) < 4.78 is 27.9. The minimum atomic E-state index is -1.90. The molecule has 0 unspecified atom stereocenters. The normalized spacial score (nSPS) is 16.4. The van der Waals surface area contributed by atoms with E-state index >= 15 is 0 Å². The van der Waals surface area contributed by atoms with Crippen molar-refractivity contribution in [3.05, 3.63) is 65.7 Å². The van der Waals surface area contributed by atoms with Crippen molar-refractivity contribution in [2.24, 2.45) is 0 Å². The molecular formula is C28H35FN6O2Si. The molecule has 1 saturated heterocycles. The molecular weight excluding hydrogens is 499 g/mol. The van der Waals surface area contributed by atoms with Crippen LogP contribution in [0.5, 0.6) is 5.75 Å². The number of nitrogens with zero attached hydrogens (tertiary/aromatic N) is 6. The van der Waals surface area contributed by atoms with E-state index in [2.05, 4.69) is 53.9 Å². The Balaban J connectivity index is 1.45. The van der Waals surface area contributed by atoms with Gasteiger partial charge in [0.15, 0.2) is 14.0 Å². The van der Waals surface area contributed by atoms with Crippen LogP contribution in [0.2, 0.25) is 18.1 Å². The zero-order chi connectivity index (χ0) is 27.1. The molecule has 0 radical (unpaired) electrons. The van der Waals surface area contributed by atoms with Crippen molar-refractivity contribution in [2.75, 3.05) is 18.6 Å². The third-order valence-corrected chi connectivity index (χ3v) is 12.3. The van der Waals surface area contributed by atoms with Crippen molar-refractivity contribution in [3.8, 4) is 17.1 Å². The van der Waals surface area contributed by atoms with E-state index in [-0.39, 0.29) is 16.9 Å². The first-order chi connectivity index (χ1) is 18.1. The van der Waals surface area contributed by atoms with Gasteiger partial charge < -0.3 is 14.1 Å². The fraction of sp³-hybridized carbons (Fsp3) is 0.429. The van der Waals surface area contributed by atoms with Gasteiger partial charge in [0.25, 0.3) is 0 Å². The van der Waals surface area contributed by atoms with Crippen LogP contribution in [-0.2, 0) is 11.0 Å². The minimum Gasteiger partial charge on any atom is -0.496 e. The van der Waals surface area contributed by atoms with Gasteiger partial charge in [-0.15, -0.1) is 10.2 Å². The van der Waals surface area contributed by atoms with E-state index in [9.17, 15) is 4.39 Å². The molecule has 200 valence electrons. The van der Waals surface area contributed by atoms with Gasteiger partial charge in [-0.05, 0) is 72.9 Å². The zero-order valence-corrected chi connectivity index (χ0v) is 23.9. The number of anilines is 1. The highest BCUT2D eigenvalue weighted by Gasteiger charge is 2.37. The molecule has 0 N–H and O–H groups in total. The maximum atomic E-state index is 14.2. The predicted molar refractivity (Wildman–Crippen MR) is 148 cm³/mol.